The smallest absolute Gasteiger partial charge is 0.333 e. The van der Waals surface area contributed by atoms with E-state index in [0.29, 0.717) is 0 Å². The highest BCUT2D eigenvalue weighted by Crippen LogP contribution is 2.08. The number of esters is 1. The van der Waals surface area contributed by atoms with Gasteiger partial charge in [0.05, 0.1) is 0 Å². The summed E-state index contributed by atoms with van der Waals surface area (Å²) in [7, 11) is 0. The van der Waals surface area contributed by atoms with Gasteiger partial charge in [0, 0.05) is 14.7 Å². The summed E-state index contributed by atoms with van der Waals surface area (Å²) in [6, 6.07) is 6.56. The van der Waals surface area contributed by atoms with Gasteiger partial charge in [0.15, 0.2) is 6.61 Å². The van der Waals surface area contributed by atoms with Crippen LogP contribution >= 0.6 is 22.6 Å². The summed E-state index contributed by atoms with van der Waals surface area (Å²) in [5.74, 6) is -2.11. The number of hydrogen-bond acceptors (Lipinski definition) is 4. The van der Waals surface area contributed by atoms with Crippen LogP contribution in [0.4, 0.5) is 0 Å². The number of ether oxygens (including phenoxy) is 1. The van der Waals surface area contributed by atoms with Crippen LogP contribution in [-0.2, 0) is 14.3 Å². The van der Waals surface area contributed by atoms with Gasteiger partial charge in [-0.05, 0) is 53.8 Å². The number of benzene rings is 1. The zero-order valence-electron chi connectivity index (χ0n) is 9.73. The molecule has 0 unspecified atom stereocenters. The van der Waals surface area contributed by atoms with E-state index in [4.69, 9.17) is 0 Å². The van der Waals surface area contributed by atoms with E-state index < -0.39 is 24.1 Å². The molecule has 0 fully saturated rings. The highest BCUT2D eigenvalue weighted by molar-refractivity contribution is 14.1. The summed E-state index contributed by atoms with van der Waals surface area (Å²) in [6.45, 7) is 4.28. The van der Waals surface area contributed by atoms with Crippen molar-refractivity contribution < 1.29 is 19.1 Å². The maximum atomic E-state index is 11.7. The topological polar surface area (TPSA) is 60.4 Å². The summed E-state index contributed by atoms with van der Waals surface area (Å²) < 4.78 is 5.58. The summed E-state index contributed by atoms with van der Waals surface area (Å²) in [4.78, 5) is 34.2. The molecule has 0 aliphatic heterocycles. The predicted octanol–water partition coefficient (Wildman–Crippen LogP) is 2.16. The van der Waals surface area contributed by atoms with Gasteiger partial charge in [-0.15, -0.1) is 0 Å². The molecule has 0 amide bonds. The highest BCUT2D eigenvalue weighted by atomic mass is 127. The predicted molar refractivity (Wildman–Crippen MR) is 74.3 cm³/mol. The SMILES string of the molecule is C=C(C)C(=O)OCC(=O)C(=O)c1ccc(I)cc1. The third-order valence-corrected chi connectivity index (χ3v) is 2.76. The van der Waals surface area contributed by atoms with Crippen molar-refractivity contribution in [3.8, 4) is 0 Å². The van der Waals surface area contributed by atoms with Gasteiger partial charge >= 0.3 is 5.97 Å². The Morgan fingerprint density at radius 3 is 2.28 bits per heavy atom. The lowest BCUT2D eigenvalue weighted by molar-refractivity contribution is -0.142. The average Bonchev–Trinajstić information content (AvgIpc) is 2.35. The van der Waals surface area contributed by atoms with E-state index >= 15 is 0 Å². The molecule has 0 atom stereocenters. The Morgan fingerprint density at radius 1 is 1.22 bits per heavy atom. The largest absolute Gasteiger partial charge is 0.454 e. The molecule has 1 aromatic rings. The minimum Gasteiger partial charge on any atom is -0.454 e. The molecule has 0 saturated carbocycles. The van der Waals surface area contributed by atoms with Crippen LogP contribution in [0.1, 0.15) is 17.3 Å². The Balaban J connectivity index is 2.62. The lowest BCUT2D eigenvalue weighted by atomic mass is 10.1. The van der Waals surface area contributed by atoms with Crippen LogP contribution in [0, 0.1) is 3.57 Å². The van der Waals surface area contributed by atoms with E-state index in [0.717, 1.165) is 3.57 Å². The first-order chi connectivity index (χ1) is 8.41. The Hall–Kier alpha value is -1.50. The fraction of sp³-hybridized carbons (Fsp3) is 0.154. The van der Waals surface area contributed by atoms with Gasteiger partial charge in [-0.3, -0.25) is 9.59 Å². The van der Waals surface area contributed by atoms with E-state index in [1.54, 1.807) is 24.3 Å². The highest BCUT2D eigenvalue weighted by Gasteiger charge is 2.18. The van der Waals surface area contributed by atoms with Crippen LogP contribution < -0.4 is 0 Å². The quantitative estimate of drug-likeness (QED) is 0.266. The second kappa shape index (κ2) is 6.44. The molecule has 94 valence electrons. The monoisotopic (exact) mass is 358 g/mol. The normalized spacial score (nSPS) is 9.67. The van der Waals surface area contributed by atoms with Gasteiger partial charge in [0.2, 0.25) is 11.6 Å². The molecule has 18 heavy (non-hydrogen) atoms. The zero-order valence-corrected chi connectivity index (χ0v) is 11.9. The fourth-order valence-corrected chi connectivity index (χ4v) is 1.44. The van der Waals surface area contributed by atoms with E-state index in [1.165, 1.54) is 6.92 Å². The number of ketones is 2. The number of Topliss-reactive ketones (excluding diaryl/α,β-unsaturated/α-hetero) is 2. The number of carbonyl (C=O) groups is 3. The fourth-order valence-electron chi connectivity index (χ4n) is 1.08. The van der Waals surface area contributed by atoms with Crippen molar-refractivity contribution in [2.24, 2.45) is 0 Å². The number of rotatable bonds is 5. The maximum absolute atomic E-state index is 11.7. The molecule has 1 rings (SSSR count). The van der Waals surface area contributed by atoms with Crippen molar-refractivity contribution in [2.75, 3.05) is 6.61 Å². The third-order valence-electron chi connectivity index (χ3n) is 2.04. The van der Waals surface area contributed by atoms with Crippen molar-refractivity contribution in [1.29, 1.82) is 0 Å². The van der Waals surface area contributed by atoms with Crippen LogP contribution in [0.15, 0.2) is 36.4 Å². The molecule has 5 heteroatoms. The second-order valence-corrected chi connectivity index (χ2v) is 4.86. The first-order valence-corrected chi connectivity index (χ1v) is 6.15. The first kappa shape index (κ1) is 14.6. The van der Waals surface area contributed by atoms with Crippen LogP contribution in [0.25, 0.3) is 0 Å². The molecule has 0 aliphatic rings. The van der Waals surface area contributed by atoms with Gasteiger partial charge in [-0.2, -0.15) is 0 Å². The van der Waals surface area contributed by atoms with Crippen LogP contribution in [0.5, 0.6) is 0 Å². The molecule has 0 aliphatic carbocycles. The van der Waals surface area contributed by atoms with Gasteiger partial charge in [0.1, 0.15) is 0 Å². The molecule has 0 bridgehead atoms. The Morgan fingerprint density at radius 2 is 1.78 bits per heavy atom. The molecule has 0 saturated heterocycles. The molecular formula is C13H11IO4. The van der Waals surface area contributed by atoms with E-state index in [2.05, 4.69) is 33.9 Å². The first-order valence-electron chi connectivity index (χ1n) is 5.07. The molecule has 0 N–H and O–H groups in total. The number of halogens is 1. The van der Waals surface area contributed by atoms with Gasteiger partial charge in [-0.1, -0.05) is 6.58 Å². The number of carbonyl (C=O) groups excluding carboxylic acids is 3. The summed E-state index contributed by atoms with van der Waals surface area (Å²) in [5.41, 5.74) is 0.469. The van der Waals surface area contributed by atoms with Crippen molar-refractivity contribution in [3.63, 3.8) is 0 Å². The van der Waals surface area contributed by atoms with Crippen LogP contribution in [-0.4, -0.2) is 24.1 Å². The summed E-state index contributed by atoms with van der Waals surface area (Å²) in [6.07, 6.45) is 0. The Kier molecular flexibility index (Phi) is 5.21. The third kappa shape index (κ3) is 4.06. The average molecular weight is 358 g/mol. The van der Waals surface area contributed by atoms with E-state index in [1.807, 2.05) is 0 Å². The van der Waals surface area contributed by atoms with Gasteiger partial charge in [-0.25, -0.2) is 4.79 Å². The van der Waals surface area contributed by atoms with Gasteiger partial charge < -0.3 is 4.74 Å². The summed E-state index contributed by atoms with van der Waals surface area (Å²) >= 11 is 2.09. The minimum absolute atomic E-state index is 0.185. The van der Waals surface area contributed by atoms with Crippen LogP contribution in [0.2, 0.25) is 0 Å². The Labute approximate surface area is 118 Å². The molecular weight excluding hydrogens is 347 g/mol. The summed E-state index contributed by atoms with van der Waals surface area (Å²) in [5, 5.41) is 0. The van der Waals surface area contributed by atoms with Crippen molar-refractivity contribution >= 4 is 40.1 Å². The molecule has 0 heterocycles. The standard InChI is InChI=1S/C13H11IO4/c1-8(2)13(17)18-7-11(15)12(16)9-3-5-10(14)6-4-9/h3-6H,1,7H2,2H3. The van der Waals surface area contributed by atoms with E-state index in [-0.39, 0.29) is 11.1 Å². The van der Waals surface area contributed by atoms with Crippen LogP contribution in [0.3, 0.4) is 0 Å². The molecule has 0 spiro atoms. The van der Waals surface area contributed by atoms with Crippen molar-refractivity contribution in [2.45, 2.75) is 6.92 Å². The lowest BCUT2D eigenvalue weighted by Gasteiger charge is -2.03. The van der Waals surface area contributed by atoms with Crippen molar-refractivity contribution in [3.05, 3.63) is 45.6 Å². The molecule has 4 nitrogen and oxygen atoms in total. The zero-order chi connectivity index (χ0) is 13.7. The van der Waals surface area contributed by atoms with Crippen molar-refractivity contribution in [1.82, 2.24) is 0 Å². The minimum atomic E-state index is -0.759. The molecule has 0 aromatic heterocycles. The molecule has 1 aromatic carbocycles. The second-order valence-electron chi connectivity index (χ2n) is 3.62. The van der Waals surface area contributed by atoms with E-state index in [9.17, 15) is 14.4 Å². The lowest BCUT2D eigenvalue weighted by Crippen LogP contribution is -2.22. The molecule has 0 radical (unpaired) electrons. The maximum Gasteiger partial charge on any atom is 0.333 e. The number of hydrogen-bond donors (Lipinski definition) is 0. The Bertz CT molecular complexity index is 502. The van der Waals surface area contributed by atoms with Gasteiger partial charge in [0.25, 0.3) is 0 Å².